The van der Waals surface area contributed by atoms with Gasteiger partial charge in [-0.25, -0.2) is 0 Å². The Labute approximate surface area is 111 Å². The third-order valence-electron chi connectivity index (χ3n) is 3.27. The van der Waals surface area contributed by atoms with Gasteiger partial charge in [0.05, 0.1) is 0 Å². The predicted molar refractivity (Wildman–Crippen MR) is 73.6 cm³/mol. The highest BCUT2D eigenvalue weighted by Crippen LogP contribution is 2.24. The Morgan fingerprint density at radius 3 is 2.65 bits per heavy atom. The zero-order valence-electron chi connectivity index (χ0n) is 10.1. The molecular weight excluding hydrogens is 278 g/mol. The van der Waals surface area contributed by atoms with Gasteiger partial charge in [0.1, 0.15) is 0 Å². The molecule has 0 heterocycles. The Balaban J connectivity index is 1.93. The summed E-state index contributed by atoms with van der Waals surface area (Å²) in [6.07, 6.45) is 4.46. The number of rotatable bonds is 2. The first-order valence-corrected chi connectivity index (χ1v) is 7.08. The lowest BCUT2D eigenvalue weighted by atomic mass is 9.95. The molecule has 0 aliphatic heterocycles. The van der Waals surface area contributed by atoms with Crippen LogP contribution in [0, 0.1) is 6.92 Å². The van der Waals surface area contributed by atoms with Crippen LogP contribution < -0.4 is 5.32 Å². The van der Waals surface area contributed by atoms with Crippen LogP contribution in [0.5, 0.6) is 0 Å². The van der Waals surface area contributed by atoms with Crippen molar-refractivity contribution < 1.29 is 4.79 Å². The molecule has 1 aliphatic carbocycles. The van der Waals surface area contributed by atoms with E-state index in [1.807, 2.05) is 31.2 Å². The first-order valence-electron chi connectivity index (χ1n) is 6.17. The summed E-state index contributed by atoms with van der Waals surface area (Å²) >= 11 is 3.62. The second kappa shape index (κ2) is 5.67. The van der Waals surface area contributed by atoms with Crippen molar-refractivity contribution in [3.05, 3.63) is 35.4 Å². The van der Waals surface area contributed by atoms with Crippen LogP contribution in [0.2, 0.25) is 0 Å². The van der Waals surface area contributed by atoms with E-state index in [4.69, 9.17) is 0 Å². The van der Waals surface area contributed by atoms with Gasteiger partial charge in [-0.2, -0.15) is 0 Å². The van der Waals surface area contributed by atoms with Crippen molar-refractivity contribution >= 4 is 21.8 Å². The molecule has 0 saturated heterocycles. The normalized spacial score (nSPS) is 24.4. The summed E-state index contributed by atoms with van der Waals surface area (Å²) in [6.45, 7) is 2.01. The summed E-state index contributed by atoms with van der Waals surface area (Å²) in [4.78, 5) is 12.7. The Kier molecular flexibility index (Phi) is 4.21. The fraction of sp³-hybridized carbons (Fsp3) is 0.500. The highest BCUT2D eigenvalue weighted by molar-refractivity contribution is 9.09. The number of carbonyl (C=O) groups is 1. The molecule has 92 valence electrons. The van der Waals surface area contributed by atoms with Gasteiger partial charge in [0.25, 0.3) is 5.91 Å². The van der Waals surface area contributed by atoms with E-state index >= 15 is 0 Å². The number of halogens is 1. The van der Waals surface area contributed by atoms with Crippen LogP contribution in [0.15, 0.2) is 24.3 Å². The monoisotopic (exact) mass is 295 g/mol. The number of nitrogens with one attached hydrogen (secondary N) is 1. The molecule has 1 amide bonds. The van der Waals surface area contributed by atoms with Crippen molar-refractivity contribution in [3.8, 4) is 0 Å². The summed E-state index contributed by atoms with van der Waals surface area (Å²) in [7, 11) is 0. The molecule has 3 heteroatoms. The maximum atomic E-state index is 12.0. The molecule has 1 aromatic carbocycles. The molecule has 0 aromatic heterocycles. The minimum absolute atomic E-state index is 0.0618. The molecule has 2 rings (SSSR count). The average molecular weight is 296 g/mol. The van der Waals surface area contributed by atoms with Crippen molar-refractivity contribution in [2.24, 2.45) is 0 Å². The number of carbonyl (C=O) groups excluding carboxylic acids is 1. The molecule has 1 aliphatic rings. The third kappa shape index (κ3) is 3.56. The lowest BCUT2D eigenvalue weighted by molar-refractivity contribution is 0.0928. The highest BCUT2D eigenvalue weighted by Gasteiger charge is 2.20. The van der Waals surface area contributed by atoms with Crippen LogP contribution in [0.1, 0.15) is 41.6 Å². The van der Waals surface area contributed by atoms with Gasteiger partial charge in [-0.3, -0.25) is 4.79 Å². The van der Waals surface area contributed by atoms with Crippen LogP contribution in [0.25, 0.3) is 0 Å². The number of amides is 1. The van der Waals surface area contributed by atoms with E-state index in [9.17, 15) is 4.79 Å². The Bertz CT molecular complexity index is 397. The van der Waals surface area contributed by atoms with Crippen LogP contribution in [-0.4, -0.2) is 16.8 Å². The lowest BCUT2D eigenvalue weighted by Crippen LogP contribution is -2.37. The summed E-state index contributed by atoms with van der Waals surface area (Å²) in [5.41, 5.74) is 1.90. The summed E-state index contributed by atoms with van der Waals surface area (Å²) in [5, 5.41) is 3.12. The van der Waals surface area contributed by atoms with Crippen LogP contribution in [0.3, 0.4) is 0 Å². The molecule has 0 spiro atoms. The van der Waals surface area contributed by atoms with Crippen molar-refractivity contribution in [1.29, 1.82) is 0 Å². The second-order valence-corrected chi connectivity index (χ2v) is 6.09. The Morgan fingerprint density at radius 1 is 1.29 bits per heavy atom. The van der Waals surface area contributed by atoms with E-state index in [0.29, 0.717) is 10.9 Å². The molecule has 0 bridgehead atoms. The predicted octanol–water partition coefficient (Wildman–Crippen LogP) is 3.43. The van der Waals surface area contributed by atoms with E-state index in [1.54, 1.807) is 0 Å². The molecular formula is C14H18BrNO. The van der Waals surface area contributed by atoms with E-state index in [1.165, 1.54) is 0 Å². The lowest BCUT2D eigenvalue weighted by Gasteiger charge is -2.26. The summed E-state index contributed by atoms with van der Waals surface area (Å²) in [6, 6.07) is 8.09. The fourth-order valence-corrected chi connectivity index (χ4v) is 2.78. The summed E-state index contributed by atoms with van der Waals surface area (Å²) < 4.78 is 0. The molecule has 2 nitrogen and oxygen atoms in total. The van der Waals surface area contributed by atoms with Gasteiger partial charge >= 0.3 is 0 Å². The number of benzene rings is 1. The molecule has 1 aromatic rings. The van der Waals surface area contributed by atoms with E-state index < -0.39 is 0 Å². The summed E-state index contributed by atoms with van der Waals surface area (Å²) in [5.74, 6) is 0.0618. The number of alkyl halides is 1. The third-order valence-corrected chi connectivity index (χ3v) is 4.19. The van der Waals surface area contributed by atoms with Gasteiger partial charge in [-0.05, 0) is 44.7 Å². The highest BCUT2D eigenvalue weighted by atomic mass is 79.9. The maximum absolute atomic E-state index is 12.0. The van der Waals surface area contributed by atoms with Gasteiger partial charge in [0.15, 0.2) is 0 Å². The first kappa shape index (κ1) is 12.6. The van der Waals surface area contributed by atoms with Crippen LogP contribution in [-0.2, 0) is 0 Å². The van der Waals surface area contributed by atoms with Crippen LogP contribution in [0.4, 0.5) is 0 Å². The van der Waals surface area contributed by atoms with Crippen LogP contribution >= 0.6 is 15.9 Å². The first-order chi connectivity index (χ1) is 8.15. The van der Waals surface area contributed by atoms with Crippen molar-refractivity contribution in [2.45, 2.75) is 43.5 Å². The van der Waals surface area contributed by atoms with E-state index in [2.05, 4.69) is 21.2 Å². The second-order valence-electron chi connectivity index (χ2n) is 4.79. The van der Waals surface area contributed by atoms with Gasteiger partial charge in [-0.15, -0.1) is 0 Å². The van der Waals surface area contributed by atoms with Gasteiger partial charge in [-0.1, -0.05) is 33.6 Å². The van der Waals surface area contributed by atoms with Crippen molar-refractivity contribution in [2.75, 3.05) is 0 Å². The quantitative estimate of drug-likeness (QED) is 0.832. The average Bonchev–Trinajstić information content (AvgIpc) is 2.32. The van der Waals surface area contributed by atoms with Gasteiger partial charge in [0, 0.05) is 16.4 Å². The molecule has 17 heavy (non-hydrogen) atoms. The fourth-order valence-electron chi connectivity index (χ4n) is 2.25. The zero-order valence-corrected chi connectivity index (χ0v) is 11.7. The molecule has 1 saturated carbocycles. The largest absolute Gasteiger partial charge is 0.349 e. The van der Waals surface area contributed by atoms with Gasteiger partial charge < -0.3 is 5.32 Å². The maximum Gasteiger partial charge on any atom is 0.251 e. The molecule has 0 atom stereocenters. The molecule has 1 fully saturated rings. The van der Waals surface area contributed by atoms with Crippen molar-refractivity contribution in [1.82, 2.24) is 5.32 Å². The molecule has 0 radical (unpaired) electrons. The van der Waals surface area contributed by atoms with Gasteiger partial charge in [0.2, 0.25) is 0 Å². The Morgan fingerprint density at radius 2 is 2.00 bits per heavy atom. The zero-order chi connectivity index (χ0) is 12.3. The topological polar surface area (TPSA) is 29.1 Å². The number of hydrogen-bond acceptors (Lipinski definition) is 1. The standard InChI is InChI=1S/C14H18BrNO/c1-10-3-2-4-11(9-10)14(17)16-13-7-5-12(15)6-8-13/h2-4,9,12-13H,5-8H2,1H3,(H,16,17). The number of hydrogen-bond donors (Lipinski definition) is 1. The minimum atomic E-state index is 0.0618. The molecule has 1 N–H and O–H groups in total. The van der Waals surface area contributed by atoms with E-state index in [-0.39, 0.29) is 5.91 Å². The SMILES string of the molecule is Cc1cccc(C(=O)NC2CCC(Br)CC2)c1. The van der Waals surface area contributed by atoms with E-state index in [0.717, 1.165) is 36.8 Å². The van der Waals surface area contributed by atoms with Crippen molar-refractivity contribution in [3.63, 3.8) is 0 Å². The molecule has 0 unspecified atom stereocenters. The number of aryl methyl sites for hydroxylation is 1. The Hall–Kier alpha value is -0.830. The smallest absolute Gasteiger partial charge is 0.251 e. The minimum Gasteiger partial charge on any atom is -0.349 e.